The van der Waals surface area contributed by atoms with Crippen LogP contribution >= 0.6 is 0 Å². The average Bonchev–Trinajstić information content (AvgIpc) is 1.60. The molecule has 2 heterocycles. The molecule has 8 heteroatoms. The molecule has 8 nitrogen and oxygen atoms in total. The summed E-state index contributed by atoms with van der Waals surface area (Å²) in [6.07, 6.45) is 18.9. The van der Waals surface area contributed by atoms with Crippen LogP contribution in [0.4, 0.5) is 0 Å². The first-order valence-electron chi connectivity index (χ1n) is 40.2. The van der Waals surface area contributed by atoms with Crippen LogP contribution < -0.4 is 18.9 Å². The van der Waals surface area contributed by atoms with Crippen molar-refractivity contribution in [3.63, 3.8) is 0 Å². The van der Waals surface area contributed by atoms with E-state index in [0.29, 0.717) is 23.7 Å². The molecule has 0 saturated heterocycles. The summed E-state index contributed by atoms with van der Waals surface area (Å²) >= 11 is 0. The Morgan fingerprint density at radius 1 is 0.280 bits per heavy atom. The van der Waals surface area contributed by atoms with E-state index in [1.807, 2.05) is 0 Å². The molecule has 0 amide bonds. The molecule has 1 N–H and O–H groups in total. The van der Waals surface area contributed by atoms with Crippen molar-refractivity contribution >= 4 is 49.6 Å². The van der Waals surface area contributed by atoms with Gasteiger partial charge in [0.1, 0.15) is 23.0 Å². The van der Waals surface area contributed by atoms with E-state index in [-0.39, 0.29) is 5.56 Å². The molecular weight excluding hydrogens is 1310 g/mol. The van der Waals surface area contributed by atoms with Gasteiger partial charge in [-0.3, -0.25) is 0 Å². The molecule has 0 saturated carbocycles. The first kappa shape index (κ1) is 74.9. The van der Waals surface area contributed by atoms with Gasteiger partial charge in [0.05, 0.1) is 54.1 Å². The van der Waals surface area contributed by atoms with E-state index in [2.05, 4.69) is 289 Å². The summed E-state index contributed by atoms with van der Waals surface area (Å²) < 4.78 is 30.2. The van der Waals surface area contributed by atoms with Crippen LogP contribution in [0, 0.1) is 23.7 Å². The summed E-state index contributed by atoms with van der Waals surface area (Å²) in [5.74, 6) is 4.85. The first-order valence-corrected chi connectivity index (χ1v) is 40.2. The van der Waals surface area contributed by atoms with E-state index in [1.165, 1.54) is 77.0 Å². The maximum absolute atomic E-state index is 13.1. The van der Waals surface area contributed by atoms with Crippen LogP contribution in [-0.4, -0.2) is 46.6 Å². The largest absolute Gasteiger partial charge is 0.493 e. The van der Waals surface area contributed by atoms with Crippen molar-refractivity contribution in [3.05, 3.63) is 242 Å². The maximum atomic E-state index is 13.1. The van der Waals surface area contributed by atoms with Crippen molar-refractivity contribution in [3.8, 4) is 101 Å². The predicted octanol–water partition coefficient (Wildman–Crippen LogP) is 28.0. The lowest BCUT2D eigenvalue weighted by Gasteiger charge is -2.15. The van der Waals surface area contributed by atoms with Crippen LogP contribution in [0.2, 0.25) is 0 Å². The Morgan fingerprint density at radius 3 is 0.729 bits per heavy atom. The number of fused-ring (bicyclic) bond motifs is 6. The van der Waals surface area contributed by atoms with Crippen LogP contribution in [-0.2, 0) is 0 Å². The summed E-state index contributed by atoms with van der Waals surface area (Å²) in [4.78, 5) is 13.1. The van der Waals surface area contributed by atoms with Gasteiger partial charge in [0, 0.05) is 32.9 Å². The van der Waals surface area contributed by atoms with Gasteiger partial charge in [-0.15, -0.1) is 0 Å². The molecule has 13 rings (SSSR count). The molecule has 0 aliphatic rings. The zero-order valence-corrected chi connectivity index (χ0v) is 64.4. The van der Waals surface area contributed by atoms with Crippen LogP contribution in [0.3, 0.4) is 0 Å². The fraction of sp³-hybridized carbons (Fsp3) is 0.323. The third-order valence-electron chi connectivity index (χ3n) is 22.5. The van der Waals surface area contributed by atoms with Crippen molar-refractivity contribution in [2.75, 3.05) is 26.4 Å². The second kappa shape index (κ2) is 35.9. The van der Waals surface area contributed by atoms with E-state index in [1.54, 1.807) is 12.1 Å². The van der Waals surface area contributed by atoms with Gasteiger partial charge in [-0.25, -0.2) is 4.79 Å². The normalized spacial score (nSPS) is 12.8. The van der Waals surface area contributed by atoms with Gasteiger partial charge >= 0.3 is 5.97 Å². The molecule has 0 fully saturated rings. The smallest absolute Gasteiger partial charge is 0.335 e. The topological polar surface area (TPSA) is 84.1 Å². The Hall–Kier alpha value is -10.3. The molecule has 4 atom stereocenters. The Balaban J connectivity index is 0.809. The highest BCUT2D eigenvalue weighted by Crippen LogP contribution is 2.42. The number of ether oxygens (including phenoxy) is 4. The van der Waals surface area contributed by atoms with E-state index in [0.717, 1.165) is 197 Å². The van der Waals surface area contributed by atoms with E-state index in [9.17, 15) is 9.90 Å². The maximum Gasteiger partial charge on any atom is 0.335 e. The fourth-order valence-corrected chi connectivity index (χ4v) is 15.4. The molecule has 0 radical (unpaired) electrons. The minimum atomic E-state index is -0.979. The van der Waals surface area contributed by atoms with Crippen LogP contribution in [0.5, 0.6) is 23.0 Å². The standard InChI is InChI=1S/C99H108N2O6/c1-9-17-21-68(13-5)64-104-87-45-29-72(30-46-87)78-37-53-95-91(60-78)92-61-79(73-31-47-88(48-32-73)105-65-69(14-6)22-18-10-2)38-54-96(92)100(95)85-41-25-76(26-42-85)82-57-83(59-84(58-82)99(102)103)77-27-43-86(44-28-77)101-97-55-39-80(74-33-49-89(50-34-74)106-66-70(15-7)23-19-11-3)62-93(97)94-63-81(40-56-98(94)101)75-35-51-90(52-36-75)107-67-71(16-8)24-20-12-4/h25-63,68-71H,9-24,64-67H2,1-8H3,(H,102,103). The number of rotatable bonds is 37. The minimum absolute atomic E-state index is 0.225. The van der Waals surface area contributed by atoms with Gasteiger partial charge in [-0.05, 0) is 256 Å². The SMILES string of the molecule is CCCCC(CC)COc1ccc(-c2ccc3c(c2)c2cc(-c4ccc(OCC(CC)CCCC)cc4)ccc2n3-c2ccc(-c3cc(C(=O)O)cc(-c4ccc(-n5c6ccc(-c7ccc(OCC(CC)CCCC)cc7)cc6c6cc(-c7ccc(OCC(CC)CCCC)cc7)ccc65)cc4)c3)cc2)cc1. The van der Waals surface area contributed by atoms with E-state index in [4.69, 9.17) is 18.9 Å². The quantitative estimate of drug-likeness (QED) is 0.0418. The first-order chi connectivity index (χ1) is 52.5. The third kappa shape index (κ3) is 17.7. The molecule has 107 heavy (non-hydrogen) atoms. The molecule has 0 aliphatic heterocycles. The number of aromatic carboxylic acids is 1. The van der Waals surface area contributed by atoms with Crippen LogP contribution in [0.15, 0.2) is 237 Å². The van der Waals surface area contributed by atoms with Gasteiger partial charge in [0.25, 0.3) is 0 Å². The molecule has 13 aromatic rings. The lowest BCUT2D eigenvalue weighted by atomic mass is 9.96. The Labute approximate surface area is 635 Å². The van der Waals surface area contributed by atoms with Crippen LogP contribution in [0.25, 0.3) is 122 Å². The van der Waals surface area contributed by atoms with Crippen LogP contribution in [0.1, 0.15) is 168 Å². The number of benzene rings is 11. The number of carboxylic acid groups (broad SMARTS) is 1. The monoisotopic (exact) mass is 1420 g/mol. The minimum Gasteiger partial charge on any atom is -0.493 e. The Kier molecular flexibility index (Phi) is 25.1. The average molecular weight is 1420 g/mol. The third-order valence-corrected chi connectivity index (χ3v) is 22.5. The van der Waals surface area contributed by atoms with Crippen molar-refractivity contribution in [2.45, 2.75) is 158 Å². The number of nitrogens with zero attached hydrogens (tertiary/aromatic N) is 2. The number of hydrogen-bond acceptors (Lipinski definition) is 5. The second-order valence-corrected chi connectivity index (χ2v) is 29.8. The molecule has 0 bridgehead atoms. The highest BCUT2D eigenvalue weighted by molar-refractivity contribution is 6.13. The Morgan fingerprint density at radius 2 is 0.505 bits per heavy atom. The summed E-state index contributed by atoms with van der Waals surface area (Å²) in [6, 6.07) is 84.5. The molecule has 4 unspecified atom stereocenters. The summed E-state index contributed by atoms with van der Waals surface area (Å²) in [7, 11) is 0. The van der Waals surface area contributed by atoms with Gasteiger partial charge in [0.15, 0.2) is 0 Å². The molecule has 550 valence electrons. The predicted molar refractivity (Wildman–Crippen MR) is 450 cm³/mol. The molecular formula is C99H108N2O6. The van der Waals surface area contributed by atoms with E-state index < -0.39 is 5.97 Å². The van der Waals surface area contributed by atoms with Gasteiger partial charge in [-0.1, -0.05) is 230 Å². The van der Waals surface area contributed by atoms with Crippen molar-refractivity contribution in [1.29, 1.82) is 0 Å². The number of carbonyl (C=O) groups is 1. The fourth-order valence-electron chi connectivity index (χ4n) is 15.4. The summed E-state index contributed by atoms with van der Waals surface area (Å²) in [5, 5.41) is 15.3. The molecule has 0 spiro atoms. The zero-order chi connectivity index (χ0) is 74.2. The lowest BCUT2D eigenvalue weighted by molar-refractivity contribution is 0.0697. The lowest BCUT2D eigenvalue weighted by Crippen LogP contribution is -2.11. The highest BCUT2D eigenvalue weighted by atomic mass is 16.5. The van der Waals surface area contributed by atoms with Crippen molar-refractivity contribution in [2.24, 2.45) is 23.7 Å². The van der Waals surface area contributed by atoms with Gasteiger partial charge < -0.3 is 33.2 Å². The number of hydrogen-bond donors (Lipinski definition) is 1. The summed E-state index contributed by atoms with van der Waals surface area (Å²) in [5.41, 5.74) is 19.1. The van der Waals surface area contributed by atoms with Crippen molar-refractivity contribution in [1.82, 2.24) is 9.13 Å². The highest BCUT2D eigenvalue weighted by Gasteiger charge is 2.21. The van der Waals surface area contributed by atoms with Gasteiger partial charge in [-0.2, -0.15) is 0 Å². The molecule has 11 aromatic carbocycles. The number of unbranched alkanes of at least 4 members (excludes halogenated alkanes) is 4. The van der Waals surface area contributed by atoms with E-state index >= 15 is 0 Å². The molecule has 0 aliphatic carbocycles. The number of carboxylic acids is 1. The van der Waals surface area contributed by atoms with Gasteiger partial charge in [0.2, 0.25) is 0 Å². The second-order valence-electron chi connectivity index (χ2n) is 29.8. The Bertz CT molecular complexity index is 4510. The zero-order valence-electron chi connectivity index (χ0n) is 64.4. The number of aromatic nitrogens is 2. The van der Waals surface area contributed by atoms with Crippen molar-refractivity contribution < 1.29 is 28.8 Å². The summed E-state index contributed by atoms with van der Waals surface area (Å²) in [6.45, 7) is 21.0. The molecule has 2 aromatic heterocycles.